The van der Waals surface area contributed by atoms with Crippen molar-refractivity contribution in [1.29, 1.82) is 0 Å². The molecule has 0 bridgehead atoms. The Morgan fingerprint density at radius 1 is 1.12 bits per heavy atom. The summed E-state index contributed by atoms with van der Waals surface area (Å²) in [4.78, 5) is 19.5. The van der Waals surface area contributed by atoms with Gasteiger partial charge in [-0.3, -0.25) is 0 Å². The maximum atomic E-state index is 12.9. The van der Waals surface area contributed by atoms with Gasteiger partial charge in [-0.15, -0.1) is 0 Å². The second-order valence-electron chi connectivity index (χ2n) is 8.92. The summed E-state index contributed by atoms with van der Waals surface area (Å²) >= 11 is 0. The van der Waals surface area contributed by atoms with Crippen LogP contribution in [0.3, 0.4) is 0 Å². The Balaban J connectivity index is 1.56. The van der Waals surface area contributed by atoms with E-state index < -0.39 is 0 Å². The van der Waals surface area contributed by atoms with E-state index in [9.17, 15) is 4.79 Å². The molecule has 0 aromatic heterocycles. The lowest BCUT2D eigenvalue weighted by Crippen LogP contribution is -2.42. The molecule has 1 aromatic rings. The summed E-state index contributed by atoms with van der Waals surface area (Å²) in [6, 6.07) is 9.04. The van der Waals surface area contributed by atoms with Crippen LogP contribution in [0.25, 0.3) is 0 Å². The summed E-state index contributed by atoms with van der Waals surface area (Å²) in [5, 5.41) is 0. The lowest BCUT2D eigenvalue weighted by molar-refractivity contribution is 0.150. The number of carbonyl (C=O) groups excluding carboxylic acids is 1. The highest BCUT2D eigenvalue weighted by Gasteiger charge is 2.49. The monoisotopic (exact) mass is 355 g/mol. The lowest BCUT2D eigenvalue weighted by atomic mass is 9.88. The minimum atomic E-state index is 0.162. The molecule has 3 atom stereocenters. The van der Waals surface area contributed by atoms with E-state index in [2.05, 4.69) is 41.0 Å². The molecule has 26 heavy (non-hydrogen) atoms. The first-order valence-corrected chi connectivity index (χ1v) is 10.3. The van der Waals surface area contributed by atoms with Crippen molar-refractivity contribution in [2.75, 3.05) is 40.3 Å². The van der Waals surface area contributed by atoms with Crippen molar-refractivity contribution in [3.05, 3.63) is 35.4 Å². The third-order valence-corrected chi connectivity index (χ3v) is 6.87. The van der Waals surface area contributed by atoms with Crippen molar-refractivity contribution in [3.8, 4) is 0 Å². The first-order chi connectivity index (χ1) is 12.5. The molecule has 142 valence electrons. The van der Waals surface area contributed by atoms with E-state index in [0.717, 1.165) is 19.0 Å². The Bertz CT molecular complexity index is 653. The van der Waals surface area contributed by atoms with Crippen LogP contribution in [0.5, 0.6) is 0 Å². The Morgan fingerprint density at radius 2 is 1.85 bits per heavy atom. The zero-order chi connectivity index (χ0) is 18.3. The molecule has 0 N–H and O–H groups in total. The molecule has 4 rings (SSSR count). The summed E-state index contributed by atoms with van der Waals surface area (Å²) in [5.41, 5.74) is 2.65. The Morgan fingerprint density at radius 3 is 2.54 bits per heavy atom. The molecular weight excluding hydrogens is 322 g/mol. The predicted molar refractivity (Wildman–Crippen MR) is 105 cm³/mol. The zero-order valence-electron chi connectivity index (χ0n) is 16.5. The summed E-state index contributed by atoms with van der Waals surface area (Å²) < 4.78 is 0. The highest BCUT2D eigenvalue weighted by Crippen LogP contribution is 2.46. The first kappa shape index (κ1) is 17.8. The first-order valence-electron chi connectivity index (χ1n) is 10.3. The molecule has 1 aromatic carbocycles. The minimum absolute atomic E-state index is 0.162. The van der Waals surface area contributed by atoms with Gasteiger partial charge in [0.05, 0.1) is 6.04 Å². The number of nitrogens with zero attached hydrogens (tertiary/aromatic N) is 3. The average molecular weight is 356 g/mol. The fourth-order valence-corrected chi connectivity index (χ4v) is 5.62. The number of benzene rings is 1. The molecular formula is C22H33N3O. The van der Waals surface area contributed by atoms with Crippen LogP contribution in [-0.2, 0) is 0 Å². The summed E-state index contributed by atoms with van der Waals surface area (Å²) in [6.45, 7) is 6.68. The molecule has 0 unspecified atom stereocenters. The van der Waals surface area contributed by atoms with Gasteiger partial charge in [0.1, 0.15) is 0 Å². The van der Waals surface area contributed by atoms with Crippen molar-refractivity contribution in [2.45, 2.75) is 38.6 Å². The molecule has 0 radical (unpaired) electrons. The van der Waals surface area contributed by atoms with Crippen LogP contribution in [-0.4, -0.2) is 61.0 Å². The van der Waals surface area contributed by atoms with E-state index in [0.29, 0.717) is 11.8 Å². The van der Waals surface area contributed by atoms with Crippen LogP contribution >= 0.6 is 0 Å². The molecule has 2 heterocycles. The topological polar surface area (TPSA) is 26.8 Å². The number of aryl methyl sites for hydroxylation is 1. The largest absolute Gasteiger partial charge is 0.331 e. The van der Waals surface area contributed by atoms with E-state index in [1.165, 1.54) is 49.9 Å². The van der Waals surface area contributed by atoms with Gasteiger partial charge in [-0.05, 0) is 42.7 Å². The Labute approximate surface area is 158 Å². The van der Waals surface area contributed by atoms with Crippen LogP contribution in [0.1, 0.15) is 42.9 Å². The third-order valence-electron chi connectivity index (χ3n) is 6.87. The quantitative estimate of drug-likeness (QED) is 0.825. The zero-order valence-corrected chi connectivity index (χ0v) is 16.5. The van der Waals surface area contributed by atoms with Crippen LogP contribution in [0.4, 0.5) is 4.79 Å². The summed E-state index contributed by atoms with van der Waals surface area (Å²) in [6.07, 6.45) is 5.67. The van der Waals surface area contributed by atoms with Gasteiger partial charge in [0.15, 0.2) is 0 Å². The van der Waals surface area contributed by atoms with Crippen molar-refractivity contribution < 1.29 is 4.79 Å². The number of fused-ring (bicyclic) bond motifs is 1. The second kappa shape index (κ2) is 7.22. The number of urea groups is 1. The molecule has 2 aliphatic heterocycles. The number of rotatable bonds is 3. The summed E-state index contributed by atoms with van der Waals surface area (Å²) in [7, 11) is 3.75. The highest BCUT2D eigenvalue weighted by molar-refractivity contribution is 5.75. The van der Waals surface area contributed by atoms with Gasteiger partial charge in [0.25, 0.3) is 0 Å². The van der Waals surface area contributed by atoms with Crippen LogP contribution in [0.2, 0.25) is 0 Å². The maximum absolute atomic E-state index is 12.9. The molecule has 3 fully saturated rings. The van der Waals surface area contributed by atoms with E-state index >= 15 is 0 Å². The smallest absolute Gasteiger partial charge is 0.320 e. The predicted octanol–water partition coefficient (Wildman–Crippen LogP) is 3.77. The fourth-order valence-electron chi connectivity index (χ4n) is 5.62. The van der Waals surface area contributed by atoms with Crippen molar-refractivity contribution >= 4 is 6.03 Å². The average Bonchev–Trinajstić information content (AvgIpc) is 3.31. The number of carbonyl (C=O) groups is 1. The third kappa shape index (κ3) is 3.24. The summed E-state index contributed by atoms with van der Waals surface area (Å²) in [5.74, 6) is 2.09. The van der Waals surface area contributed by atoms with Crippen LogP contribution in [0, 0.1) is 24.7 Å². The molecule has 2 saturated heterocycles. The molecule has 2 amide bonds. The van der Waals surface area contributed by atoms with Gasteiger partial charge in [-0.1, -0.05) is 37.1 Å². The molecule has 4 heteroatoms. The number of hydrogen-bond acceptors (Lipinski definition) is 2. The lowest BCUT2D eigenvalue weighted by Gasteiger charge is -2.33. The molecule has 1 aliphatic carbocycles. The minimum Gasteiger partial charge on any atom is -0.331 e. The van der Waals surface area contributed by atoms with Gasteiger partial charge in [0.2, 0.25) is 0 Å². The number of amides is 2. The normalized spacial score (nSPS) is 29.3. The van der Waals surface area contributed by atoms with E-state index in [1.807, 2.05) is 14.1 Å². The van der Waals surface area contributed by atoms with Crippen LogP contribution < -0.4 is 0 Å². The Kier molecular flexibility index (Phi) is 4.96. The van der Waals surface area contributed by atoms with E-state index in [1.54, 1.807) is 4.90 Å². The second-order valence-corrected chi connectivity index (χ2v) is 8.92. The molecule has 1 saturated carbocycles. The van der Waals surface area contributed by atoms with Crippen molar-refractivity contribution in [3.63, 3.8) is 0 Å². The van der Waals surface area contributed by atoms with Crippen molar-refractivity contribution in [1.82, 2.24) is 14.7 Å². The molecule has 0 spiro atoms. The molecule has 3 aliphatic rings. The van der Waals surface area contributed by atoms with Gasteiger partial charge >= 0.3 is 6.03 Å². The van der Waals surface area contributed by atoms with Gasteiger partial charge in [0, 0.05) is 46.2 Å². The Hall–Kier alpha value is -1.55. The fraction of sp³-hybridized carbons (Fsp3) is 0.682. The van der Waals surface area contributed by atoms with E-state index in [4.69, 9.17) is 0 Å². The van der Waals surface area contributed by atoms with Crippen molar-refractivity contribution in [2.24, 2.45) is 17.8 Å². The number of hydrogen-bond donors (Lipinski definition) is 0. The SMILES string of the molecule is Cc1ccccc1[C@H]1[C@@H]2CN(CC3CCCC3)C[C@@H]2CN1C(=O)N(C)C. The van der Waals surface area contributed by atoms with Gasteiger partial charge in [-0.2, -0.15) is 0 Å². The van der Waals surface area contributed by atoms with Gasteiger partial charge < -0.3 is 14.7 Å². The van der Waals surface area contributed by atoms with E-state index in [-0.39, 0.29) is 12.1 Å². The standard InChI is InChI=1S/C22H33N3O/c1-16-8-4-7-11-19(16)21-20-15-24(12-17-9-5-6-10-17)13-18(20)14-25(21)22(26)23(2)3/h4,7-8,11,17-18,20-21H,5-6,9-10,12-15H2,1-3H3/t18-,20-,21+/m1/s1. The molecule has 4 nitrogen and oxygen atoms in total. The number of likely N-dealkylation sites (tertiary alicyclic amines) is 2. The maximum Gasteiger partial charge on any atom is 0.320 e. The van der Waals surface area contributed by atoms with Crippen LogP contribution in [0.15, 0.2) is 24.3 Å². The highest BCUT2D eigenvalue weighted by atomic mass is 16.2. The van der Waals surface area contributed by atoms with Gasteiger partial charge in [-0.25, -0.2) is 4.79 Å².